The molecule has 30 heavy (non-hydrogen) atoms. The van der Waals surface area contributed by atoms with Gasteiger partial charge >= 0.3 is 0 Å². The van der Waals surface area contributed by atoms with Crippen molar-refractivity contribution in [1.82, 2.24) is 19.7 Å². The molecule has 1 aliphatic heterocycles. The molecule has 1 amide bonds. The maximum atomic E-state index is 12.9. The van der Waals surface area contributed by atoms with Crippen molar-refractivity contribution < 1.29 is 17.6 Å². The van der Waals surface area contributed by atoms with Crippen molar-refractivity contribution in [1.29, 1.82) is 0 Å². The van der Waals surface area contributed by atoms with E-state index < -0.39 is 9.84 Å². The number of amides is 1. The molecule has 0 bridgehead atoms. The average molecular weight is 453 g/mol. The number of nitrogens with zero attached hydrogens (tertiary/aromatic N) is 4. The van der Waals surface area contributed by atoms with Gasteiger partial charge in [-0.1, -0.05) is 31.0 Å². The van der Waals surface area contributed by atoms with Crippen molar-refractivity contribution in [2.75, 3.05) is 23.8 Å². The van der Waals surface area contributed by atoms with Crippen molar-refractivity contribution in [3.05, 3.63) is 18.4 Å². The average Bonchev–Trinajstić information content (AvgIpc) is 3.47. The maximum Gasteiger partial charge on any atom is 0.233 e. The quantitative estimate of drug-likeness (QED) is 0.595. The summed E-state index contributed by atoms with van der Waals surface area (Å²) in [4.78, 5) is 14.6. The molecule has 0 unspecified atom stereocenters. The third kappa shape index (κ3) is 4.59. The van der Waals surface area contributed by atoms with Crippen molar-refractivity contribution in [3.63, 3.8) is 0 Å². The van der Waals surface area contributed by atoms with Gasteiger partial charge < -0.3 is 9.32 Å². The van der Waals surface area contributed by atoms with Crippen LogP contribution in [0.3, 0.4) is 0 Å². The Morgan fingerprint density at radius 2 is 2.07 bits per heavy atom. The van der Waals surface area contributed by atoms with Crippen LogP contribution in [0, 0.1) is 0 Å². The van der Waals surface area contributed by atoms with Crippen molar-refractivity contribution in [2.24, 2.45) is 0 Å². The molecule has 3 heterocycles. The Labute approximate surface area is 181 Å². The Kier molecular flexibility index (Phi) is 6.52. The summed E-state index contributed by atoms with van der Waals surface area (Å²) >= 11 is 1.38. The zero-order valence-corrected chi connectivity index (χ0v) is 18.8. The van der Waals surface area contributed by atoms with Gasteiger partial charge in [-0.25, -0.2) is 8.42 Å². The zero-order chi connectivity index (χ0) is 21.1. The standard InChI is InChI=1S/C20H28N4O4S2/c1-2-23(16-10-12-30(26,27)14-16)18(25)13-29-20-22-21-19(17-9-6-11-28-17)24(20)15-7-4-3-5-8-15/h6,9,11,15-16H,2-5,7-8,10,12-14H2,1H3/t16-/m0/s1. The summed E-state index contributed by atoms with van der Waals surface area (Å²) in [6, 6.07) is 3.79. The third-order valence-electron chi connectivity index (χ3n) is 5.98. The number of rotatable bonds is 7. The van der Waals surface area contributed by atoms with Gasteiger partial charge in [0.2, 0.25) is 11.7 Å². The zero-order valence-electron chi connectivity index (χ0n) is 17.2. The Bertz CT molecular complexity index is 965. The monoisotopic (exact) mass is 452 g/mol. The van der Waals surface area contributed by atoms with E-state index in [0.29, 0.717) is 30.6 Å². The first-order valence-electron chi connectivity index (χ1n) is 10.6. The number of sulfone groups is 1. The first-order chi connectivity index (χ1) is 14.5. The smallest absolute Gasteiger partial charge is 0.233 e. The molecule has 1 aliphatic carbocycles. The molecule has 0 N–H and O–H groups in total. The summed E-state index contributed by atoms with van der Waals surface area (Å²) in [5.74, 6) is 1.78. The molecule has 4 rings (SSSR count). The lowest BCUT2D eigenvalue weighted by atomic mass is 9.95. The highest BCUT2D eigenvalue weighted by Gasteiger charge is 2.34. The second kappa shape index (κ2) is 9.13. The van der Waals surface area contributed by atoms with E-state index in [2.05, 4.69) is 14.8 Å². The molecule has 2 aliphatic rings. The molecule has 1 saturated heterocycles. The minimum absolute atomic E-state index is 0.0534. The molecule has 10 heteroatoms. The fraction of sp³-hybridized carbons (Fsp3) is 0.650. The fourth-order valence-electron chi connectivity index (χ4n) is 4.49. The predicted octanol–water partition coefficient (Wildman–Crippen LogP) is 3.17. The van der Waals surface area contributed by atoms with Crippen LogP contribution >= 0.6 is 11.8 Å². The summed E-state index contributed by atoms with van der Waals surface area (Å²) in [5.41, 5.74) is 0. The van der Waals surface area contributed by atoms with Crippen molar-refractivity contribution in [3.8, 4) is 11.6 Å². The first kappa shape index (κ1) is 21.4. The summed E-state index contributed by atoms with van der Waals surface area (Å²) < 4.78 is 31.3. The number of hydrogen-bond donors (Lipinski definition) is 0. The van der Waals surface area contributed by atoms with E-state index in [1.54, 1.807) is 11.2 Å². The lowest BCUT2D eigenvalue weighted by Gasteiger charge is -2.27. The molecule has 1 atom stereocenters. The van der Waals surface area contributed by atoms with Crippen molar-refractivity contribution >= 4 is 27.5 Å². The van der Waals surface area contributed by atoms with Crippen molar-refractivity contribution in [2.45, 2.75) is 62.7 Å². The largest absolute Gasteiger partial charge is 0.461 e. The fourth-order valence-corrected chi connectivity index (χ4v) is 7.11. The van der Waals surface area contributed by atoms with Crippen LogP contribution in [-0.4, -0.2) is 63.8 Å². The summed E-state index contributed by atoms with van der Waals surface area (Å²) in [6.07, 6.45) is 7.86. The van der Waals surface area contributed by atoms with Crippen LogP contribution in [0.15, 0.2) is 28.0 Å². The SMILES string of the molecule is CCN(C(=O)CSc1nnc(-c2ccco2)n1C1CCCCC1)[C@H]1CCS(=O)(=O)C1. The van der Waals surface area contributed by atoms with Gasteiger partial charge in [-0.2, -0.15) is 0 Å². The molecule has 2 aromatic heterocycles. The van der Waals surface area contributed by atoms with Crippen LogP contribution in [0.25, 0.3) is 11.6 Å². The predicted molar refractivity (Wildman–Crippen MR) is 115 cm³/mol. The first-order valence-corrected chi connectivity index (χ1v) is 13.4. The van der Waals surface area contributed by atoms with E-state index >= 15 is 0 Å². The van der Waals surface area contributed by atoms with E-state index in [1.165, 1.54) is 31.0 Å². The van der Waals surface area contributed by atoms with Gasteiger partial charge in [0.25, 0.3) is 0 Å². The van der Waals surface area contributed by atoms with Gasteiger partial charge in [0, 0.05) is 18.6 Å². The molecule has 1 saturated carbocycles. The molecular weight excluding hydrogens is 424 g/mol. The Morgan fingerprint density at radius 3 is 2.70 bits per heavy atom. The van der Waals surface area contributed by atoms with E-state index in [9.17, 15) is 13.2 Å². The molecular formula is C20H28N4O4S2. The van der Waals surface area contributed by atoms with Gasteiger partial charge in [-0.3, -0.25) is 9.36 Å². The molecule has 8 nitrogen and oxygen atoms in total. The number of furan rings is 1. The van der Waals surface area contributed by atoms with Crippen LogP contribution in [0.4, 0.5) is 0 Å². The topological polar surface area (TPSA) is 98.3 Å². The third-order valence-corrected chi connectivity index (χ3v) is 8.66. The van der Waals surface area contributed by atoms with Crippen LogP contribution in [0.5, 0.6) is 0 Å². The summed E-state index contributed by atoms with van der Waals surface area (Å²) in [7, 11) is -3.03. The van der Waals surface area contributed by atoms with Crippen LogP contribution < -0.4 is 0 Å². The normalized spacial score (nSPS) is 21.7. The van der Waals surface area contributed by atoms with E-state index in [0.717, 1.165) is 18.0 Å². The van der Waals surface area contributed by atoms with E-state index in [4.69, 9.17) is 4.42 Å². The number of aromatic nitrogens is 3. The van der Waals surface area contributed by atoms with E-state index in [-0.39, 0.29) is 29.2 Å². The van der Waals surface area contributed by atoms with E-state index in [1.807, 2.05) is 19.1 Å². The second-order valence-electron chi connectivity index (χ2n) is 7.97. The van der Waals surface area contributed by atoms with Gasteiger partial charge in [-0.05, 0) is 38.3 Å². The minimum Gasteiger partial charge on any atom is -0.461 e. The molecule has 164 valence electrons. The Morgan fingerprint density at radius 1 is 1.27 bits per heavy atom. The molecule has 0 aromatic carbocycles. The number of carbonyl (C=O) groups excluding carboxylic acids is 1. The highest BCUT2D eigenvalue weighted by molar-refractivity contribution is 7.99. The lowest BCUT2D eigenvalue weighted by Crippen LogP contribution is -2.42. The summed E-state index contributed by atoms with van der Waals surface area (Å²) in [6.45, 7) is 2.40. The summed E-state index contributed by atoms with van der Waals surface area (Å²) in [5, 5.41) is 9.46. The molecule has 0 spiro atoms. The number of carbonyl (C=O) groups is 1. The number of thioether (sulfide) groups is 1. The highest BCUT2D eigenvalue weighted by Crippen LogP contribution is 2.35. The van der Waals surface area contributed by atoms with Crippen LogP contribution in [0.2, 0.25) is 0 Å². The molecule has 2 fully saturated rings. The van der Waals surface area contributed by atoms with Gasteiger partial charge in [-0.15, -0.1) is 10.2 Å². The van der Waals surface area contributed by atoms with Gasteiger partial charge in [0.05, 0.1) is 23.5 Å². The lowest BCUT2D eigenvalue weighted by molar-refractivity contribution is -0.129. The molecule has 2 aromatic rings. The highest BCUT2D eigenvalue weighted by atomic mass is 32.2. The van der Waals surface area contributed by atoms with Gasteiger partial charge in [0.15, 0.2) is 20.8 Å². The molecule has 0 radical (unpaired) electrons. The second-order valence-corrected chi connectivity index (χ2v) is 11.1. The maximum absolute atomic E-state index is 12.9. The van der Waals surface area contributed by atoms with Crippen LogP contribution in [-0.2, 0) is 14.6 Å². The Hall–Kier alpha value is -1.81. The minimum atomic E-state index is -3.03. The van der Waals surface area contributed by atoms with Crippen LogP contribution in [0.1, 0.15) is 51.5 Å². The van der Waals surface area contributed by atoms with Gasteiger partial charge in [0.1, 0.15) is 0 Å². The Balaban J connectivity index is 1.50. The number of hydrogen-bond acceptors (Lipinski definition) is 7.